The molecule has 0 spiro atoms. The van der Waals surface area contributed by atoms with Crippen LogP contribution in [0.3, 0.4) is 0 Å². The zero-order chi connectivity index (χ0) is 13.1. The third-order valence-electron chi connectivity index (χ3n) is 2.96. The maximum atomic E-state index is 12.0. The smallest absolute Gasteiger partial charge is 0.267 e. The minimum atomic E-state index is -0.290. The van der Waals surface area contributed by atoms with Gasteiger partial charge in [0.05, 0.1) is 5.69 Å². The first-order valence-corrected chi connectivity index (χ1v) is 5.90. The van der Waals surface area contributed by atoms with E-state index in [-0.39, 0.29) is 23.8 Å². The molecular weight excluding hydrogens is 234 g/mol. The standard InChI is InChI=1S/C12H15N3O3/c1-9-2-3-11(17)15(13-9)8-12(18)14-6-4-10(16)5-7-14/h2-3H,4-8H2,1H3. The number of hydrogen-bond acceptors (Lipinski definition) is 4. The van der Waals surface area contributed by atoms with Gasteiger partial charge in [0.2, 0.25) is 5.91 Å². The fourth-order valence-electron chi connectivity index (χ4n) is 1.90. The van der Waals surface area contributed by atoms with Crippen molar-refractivity contribution in [3.05, 3.63) is 28.2 Å². The maximum absolute atomic E-state index is 12.0. The van der Waals surface area contributed by atoms with Gasteiger partial charge in [-0.3, -0.25) is 14.4 Å². The summed E-state index contributed by atoms with van der Waals surface area (Å²) in [6.45, 7) is 2.59. The topological polar surface area (TPSA) is 72.3 Å². The summed E-state index contributed by atoms with van der Waals surface area (Å²) in [6.07, 6.45) is 0.809. The lowest BCUT2D eigenvalue weighted by atomic mass is 10.1. The van der Waals surface area contributed by atoms with Crippen LogP contribution in [0.25, 0.3) is 0 Å². The van der Waals surface area contributed by atoms with Crippen molar-refractivity contribution in [2.75, 3.05) is 13.1 Å². The number of nitrogens with zero attached hydrogens (tertiary/aromatic N) is 3. The van der Waals surface area contributed by atoms with Crippen LogP contribution in [0, 0.1) is 6.92 Å². The Labute approximate surface area is 104 Å². The van der Waals surface area contributed by atoms with E-state index in [1.165, 1.54) is 6.07 Å². The number of ketones is 1. The second-order valence-electron chi connectivity index (χ2n) is 4.39. The van der Waals surface area contributed by atoms with E-state index in [0.717, 1.165) is 4.68 Å². The molecule has 2 heterocycles. The molecule has 1 amide bonds. The number of amides is 1. The highest BCUT2D eigenvalue weighted by Gasteiger charge is 2.21. The molecule has 2 rings (SSSR count). The van der Waals surface area contributed by atoms with Crippen molar-refractivity contribution in [1.29, 1.82) is 0 Å². The first kappa shape index (κ1) is 12.5. The van der Waals surface area contributed by atoms with Gasteiger partial charge in [-0.2, -0.15) is 5.10 Å². The summed E-state index contributed by atoms with van der Waals surface area (Å²) < 4.78 is 1.16. The lowest BCUT2D eigenvalue weighted by Gasteiger charge is -2.26. The first-order chi connectivity index (χ1) is 8.56. The zero-order valence-electron chi connectivity index (χ0n) is 10.3. The predicted molar refractivity (Wildman–Crippen MR) is 64.1 cm³/mol. The third kappa shape index (κ3) is 2.82. The van der Waals surface area contributed by atoms with Crippen LogP contribution in [-0.2, 0) is 16.1 Å². The largest absolute Gasteiger partial charge is 0.340 e. The van der Waals surface area contributed by atoms with Gasteiger partial charge in [-0.15, -0.1) is 0 Å². The molecule has 0 bridgehead atoms. The molecule has 0 aromatic carbocycles. The Morgan fingerprint density at radius 1 is 1.28 bits per heavy atom. The van der Waals surface area contributed by atoms with Crippen LogP contribution >= 0.6 is 0 Å². The number of Topliss-reactive ketones (excluding diaryl/α,β-unsaturated/α-hetero) is 1. The van der Waals surface area contributed by atoms with E-state index in [2.05, 4.69) is 5.10 Å². The molecule has 1 fully saturated rings. The molecule has 0 N–H and O–H groups in total. The lowest BCUT2D eigenvalue weighted by molar-refractivity contribution is -0.135. The highest BCUT2D eigenvalue weighted by atomic mass is 16.2. The van der Waals surface area contributed by atoms with E-state index in [1.54, 1.807) is 17.9 Å². The number of hydrogen-bond donors (Lipinski definition) is 0. The van der Waals surface area contributed by atoms with Gasteiger partial charge >= 0.3 is 0 Å². The lowest BCUT2D eigenvalue weighted by Crippen LogP contribution is -2.42. The summed E-state index contributed by atoms with van der Waals surface area (Å²) in [4.78, 5) is 36.2. The Morgan fingerprint density at radius 2 is 1.94 bits per heavy atom. The average Bonchev–Trinajstić information content (AvgIpc) is 2.34. The molecule has 0 radical (unpaired) electrons. The minimum Gasteiger partial charge on any atom is -0.340 e. The molecule has 1 aromatic heterocycles. The molecule has 0 atom stereocenters. The number of piperidine rings is 1. The number of rotatable bonds is 2. The third-order valence-corrected chi connectivity index (χ3v) is 2.96. The van der Waals surface area contributed by atoms with Crippen molar-refractivity contribution in [2.45, 2.75) is 26.3 Å². The maximum Gasteiger partial charge on any atom is 0.267 e. The van der Waals surface area contributed by atoms with Gasteiger partial charge in [0.25, 0.3) is 5.56 Å². The Morgan fingerprint density at radius 3 is 2.61 bits per heavy atom. The normalized spacial score (nSPS) is 15.8. The van der Waals surface area contributed by atoms with E-state index in [0.29, 0.717) is 31.6 Å². The summed E-state index contributed by atoms with van der Waals surface area (Å²) in [7, 11) is 0. The Bertz CT molecular complexity index is 526. The van der Waals surface area contributed by atoms with E-state index < -0.39 is 0 Å². The van der Waals surface area contributed by atoms with Crippen molar-refractivity contribution < 1.29 is 9.59 Å². The molecule has 1 saturated heterocycles. The van der Waals surface area contributed by atoms with Gasteiger partial charge in [0.1, 0.15) is 12.3 Å². The quantitative estimate of drug-likeness (QED) is 0.724. The Kier molecular flexibility index (Phi) is 3.55. The van der Waals surface area contributed by atoms with Crippen LogP contribution < -0.4 is 5.56 Å². The number of carbonyl (C=O) groups is 2. The van der Waals surface area contributed by atoms with Crippen LogP contribution in [0.15, 0.2) is 16.9 Å². The second-order valence-corrected chi connectivity index (χ2v) is 4.39. The van der Waals surface area contributed by atoms with Crippen LogP contribution in [0.2, 0.25) is 0 Å². The van der Waals surface area contributed by atoms with Crippen LogP contribution in [0.5, 0.6) is 0 Å². The predicted octanol–water partition coefficient (Wildman–Crippen LogP) is -0.257. The van der Waals surface area contributed by atoms with E-state index in [1.807, 2.05) is 0 Å². The molecule has 96 valence electrons. The number of aryl methyl sites for hydroxylation is 1. The van der Waals surface area contributed by atoms with Crippen molar-refractivity contribution in [3.63, 3.8) is 0 Å². The Balaban J connectivity index is 2.05. The summed E-state index contributed by atoms with van der Waals surface area (Å²) in [5.41, 5.74) is 0.401. The molecule has 0 unspecified atom stereocenters. The van der Waals surface area contributed by atoms with Crippen molar-refractivity contribution >= 4 is 11.7 Å². The molecule has 6 nitrogen and oxygen atoms in total. The molecule has 1 aliphatic heterocycles. The van der Waals surface area contributed by atoms with Gasteiger partial charge in [-0.1, -0.05) is 0 Å². The monoisotopic (exact) mass is 249 g/mol. The van der Waals surface area contributed by atoms with Crippen molar-refractivity contribution in [3.8, 4) is 0 Å². The number of likely N-dealkylation sites (tertiary alicyclic amines) is 1. The highest BCUT2D eigenvalue weighted by Crippen LogP contribution is 2.06. The van der Waals surface area contributed by atoms with E-state index in [4.69, 9.17) is 0 Å². The van der Waals surface area contributed by atoms with Crippen LogP contribution in [-0.4, -0.2) is 39.5 Å². The average molecular weight is 249 g/mol. The first-order valence-electron chi connectivity index (χ1n) is 5.90. The van der Waals surface area contributed by atoms with Gasteiger partial charge in [0.15, 0.2) is 0 Å². The second kappa shape index (κ2) is 5.12. The molecule has 6 heteroatoms. The van der Waals surface area contributed by atoms with Crippen LogP contribution in [0.4, 0.5) is 0 Å². The van der Waals surface area contributed by atoms with Crippen molar-refractivity contribution in [2.24, 2.45) is 0 Å². The van der Waals surface area contributed by atoms with E-state index >= 15 is 0 Å². The summed E-state index contributed by atoms with van der Waals surface area (Å²) >= 11 is 0. The Hall–Kier alpha value is -1.98. The molecular formula is C12H15N3O3. The number of carbonyl (C=O) groups excluding carboxylic acids is 2. The minimum absolute atomic E-state index is 0.0608. The molecule has 0 saturated carbocycles. The van der Waals surface area contributed by atoms with Gasteiger partial charge in [-0.05, 0) is 13.0 Å². The highest BCUT2D eigenvalue weighted by molar-refractivity contribution is 5.83. The molecule has 0 aliphatic carbocycles. The molecule has 1 aliphatic rings. The fraction of sp³-hybridized carbons (Fsp3) is 0.500. The summed E-state index contributed by atoms with van der Waals surface area (Å²) in [5, 5.41) is 4.01. The summed E-state index contributed by atoms with van der Waals surface area (Å²) in [5.74, 6) is 0.0209. The number of aromatic nitrogens is 2. The molecule has 18 heavy (non-hydrogen) atoms. The van der Waals surface area contributed by atoms with Crippen LogP contribution in [0.1, 0.15) is 18.5 Å². The van der Waals surface area contributed by atoms with Gasteiger partial charge < -0.3 is 4.90 Å². The van der Waals surface area contributed by atoms with Crippen molar-refractivity contribution in [1.82, 2.24) is 14.7 Å². The summed E-state index contributed by atoms with van der Waals surface area (Å²) in [6, 6.07) is 3.01. The fourth-order valence-corrected chi connectivity index (χ4v) is 1.90. The van der Waals surface area contributed by atoms with Gasteiger partial charge in [-0.25, -0.2) is 4.68 Å². The van der Waals surface area contributed by atoms with Gasteiger partial charge in [0, 0.05) is 32.0 Å². The van der Waals surface area contributed by atoms with E-state index in [9.17, 15) is 14.4 Å². The zero-order valence-corrected chi connectivity index (χ0v) is 10.3. The SMILES string of the molecule is Cc1ccc(=O)n(CC(=O)N2CCC(=O)CC2)n1. The molecule has 1 aromatic rings.